The maximum atomic E-state index is 14.1. The first-order valence-electron chi connectivity index (χ1n) is 12.9. The zero-order valence-electron chi connectivity index (χ0n) is 21.9. The summed E-state index contributed by atoms with van der Waals surface area (Å²) < 4.78 is 15.0. The Balaban J connectivity index is 0.00000353. The van der Waals surface area contributed by atoms with Crippen LogP contribution < -0.4 is 10.5 Å². The number of hydrogen-bond donors (Lipinski definition) is 2. The highest BCUT2D eigenvalue weighted by Gasteiger charge is 2.37. The second kappa shape index (κ2) is 12.0. The summed E-state index contributed by atoms with van der Waals surface area (Å²) in [6.45, 7) is 4.52. The van der Waals surface area contributed by atoms with E-state index in [0.717, 1.165) is 27.9 Å². The Hall–Kier alpha value is -3.75. The van der Waals surface area contributed by atoms with Gasteiger partial charge in [0.05, 0.1) is 31.3 Å². The summed E-state index contributed by atoms with van der Waals surface area (Å²) in [6.07, 6.45) is 3.78. The maximum absolute atomic E-state index is 14.1. The van der Waals surface area contributed by atoms with E-state index in [4.69, 9.17) is 0 Å². The average molecular weight is 551 g/mol. The summed E-state index contributed by atoms with van der Waals surface area (Å²) in [5, 5.41) is 15.4. The van der Waals surface area contributed by atoms with E-state index in [1.807, 2.05) is 50.4 Å². The Morgan fingerprint density at radius 2 is 1.87 bits per heavy atom. The standard InChI is InChI=1S/C30H31FN4O3.ClH/c1-19(2)25-12-13-26(29(37)33-25)35(30(38)28-24-6-4-3-5-22(24)9-14-27(28)36)18-21-15-32-34(17-21)16-20-7-10-23(31)11-8-20;/h3-8,10-13,15,17,19,27-28,36H,9,14,16,18H2,1-2H3,(H,33,37);1H. The normalized spacial score (nSPS) is 16.4. The highest BCUT2D eigenvalue weighted by Crippen LogP contribution is 2.34. The number of aryl methyl sites for hydroxylation is 1. The van der Waals surface area contributed by atoms with Crippen LogP contribution >= 0.6 is 12.4 Å². The smallest absolute Gasteiger partial charge is 0.272 e. The monoisotopic (exact) mass is 550 g/mol. The molecule has 0 spiro atoms. The summed E-state index contributed by atoms with van der Waals surface area (Å²) in [4.78, 5) is 31.7. The summed E-state index contributed by atoms with van der Waals surface area (Å²) in [5.41, 5.74) is 4.09. The van der Waals surface area contributed by atoms with Crippen LogP contribution in [0.4, 0.5) is 10.1 Å². The molecule has 0 fully saturated rings. The highest BCUT2D eigenvalue weighted by molar-refractivity contribution is 5.98. The lowest BCUT2D eigenvalue weighted by atomic mass is 9.80. The summed E-state index contributed by atoms with van der Waals surface area (Å²) in [7, 11) is 0. The molecule has 5 rings (SSSR count). The number of aliphatic hydroxyl groups excluding tert-OH is 1. The van der Waals surface area contributed by atoms with E-state index in [1.165, 1.54) is 17.0 Å². The molecule has 0 saturated carbocycles. The van der Waals surface area contributed by atoms with Crippen molar-refractivity contribution in [3.63, 3.8) is 0 Å². The molecule has 2 N–H and O–H groups in total. The lowest BCUT2D eigenvalue weighted by molar-refractivity contribution is -0.123. The molecule has 1 amide bonds. The van der Waals surface area contributed by atoms with Crippen LogP contribution in [0.2, 0.25) is 0 Å². The molecule has 4 aromatic rings. The molecule has 1 aliphatic rings. The zero-order valence-corrected chi connectivity index (χ0v) is 22.7. The zero-order chi connectivity index (χ0) is 26.8. The van der Waals surface area contributed by atoms with E-state index in [1.54, 1.807) is 29.1 Å². The van der Waals surface area contributed by atoms with E-state index in [-0.39, 0.29) is 47.8 Å². The second-order valence-corrected chi connectivity index (χ2v) is 10.2. The number of anilines is 1. The number of H-pyrrole nitrogens is 1. The number of carbonyl (C=O) groups excluding carboxylic acids is 1. The molecule has 2 heterocycles. The number of halogens is 2. The van der Waals surface area contributed by atoms with Crippen molar-refractivity contribution in [3.05, 3.63) is 117 Å². The van der Waals surface area contributed by atoms with Crippen molar-refractivity contribution < 1.29 is 14.3 Å². The summed E-state index contributed by atoms with van der Waals surface area (Å²) in [6, 6.07) is 17.4. The predicted octanol–water partition coefficient (Wildman–Crippen LogP) is 4.93. The number of aromatic amines is 1. The van der Waals surface area contributed by atoms with E-state index in [2.05, 4.69) is 10.1 Å². The number of pyridine rings is 1. The third-order valence-electron chi connectivity index (χ3n) is 7.13. The highest BCUT2D eigenvalue weighted by atomic mass is 35.5. The fourth-order valence-electron chi connectivity index (χ4n) is 5.05. The van der Waals surface area contributed by atoms with Gasteiger partial charge in [-0.3, -0.25) is 14.3 Å². The number of aromatic nitrogens is 3. The number of nitrogens with one attached hydrogen (secondary N) is 1. The van der Waals surface area contributed by atoms with Crippen molar-refractivity contribution in [2.75, 3.05) is 4.90 Å². The van der Waals surface area contributed by atoms with Crippen molar-refractivity contribution in [1.82, 2.24) is 14.8 Å². The largest absolute Gasteiger partial charge is 0.392 e. The molecular formula is C30H32ClFN4O3. The van der Waals surface area contributed by atoms with Crippen molar-refractivity contribution >= 4 is 24.0 Å². The number of carbonyl (C=O) groups is 1. The van der Waals surface area contributed by atoms with Gasteiger partial charge in [0.1, 0.15) is 11.5 Å². The van der Waals surface area contributed by atoms with Gasteiger partial charge in [0.2, 0.25) is 5.91 Å². The number of aliphatic hydroxyl groups is 1. The predicted molar refractivity (Wildman–Crippen MR) is 151 cm³/mol. The van der Waals surface area contributed by atoms with Gasteiger partial charge in [-0.15, -0.1) is 12.4 Å². The number of rotatable bonds is 7. The Kier molecular flexibility index (Phi) is 8.67. The molecule has 0 aliphatic heterocycles. The van der Waals surface area contributed by atoms with Gasteiger partial charge in [-0.1, -0.05) is 50.2 Å². The SMILES string of the molecule is CC(C)c1ccc(N(Cc2cnn(Cc3ccc(F)cc3)c2)C(=O)C2c3ccccc3CCC2O)c(=O)[nH]1.Cl. The lowest BCUT2D eigenvalue weighted by Crippen LogP contribution is -2.43. The second-order valence-electron chi connectivity index (χ2n) is 10.2. The van der Waals surface area contributed by atoms with Crippen LogP contribution in [0.5, 0.6) is 0 Å². The number of benzene rings is 2. The molecule has 2 aromatic carbocycles. The van der Waals surface area contributed by atoms with Gasteiger partial charge in [0.15, 0.2) is 0 Å². The van der Waals surface area contributed by atoms with Gasteiger partial charge >= 0.3 is 0 Å². The molecule has 2 unspecified atom stereocenters. The van der Waals surface area contributed by atoms with Crippen LogP contribution in [-0.2, 0) is 24.3 Å². The molecule has 7 nitrogen and oxygen atoms in total. The van der Waals surface area contributed by atoms with Crippen LogP contribution in [0.25, 0.3) is 0 Å². The van der Waals surface area contributed by atoms with Gasteiger partial charge in [0.25, 0.3) is 5.56 Å². The van der Waals surface area contributed by atoms with Crippen LogP contribution in [0.1, 0.15) is 60.1 Å². The molecule has 1 aliphatic carbocycles. The Labute approximate surface area is 232 Å². The third kappa shape index (κ3) is 6.13. The van der Waals surface area contributed by atoms with Crippen LogP contribution in [0, 0.1) is 5.82 Å². The fourth-order valence-corrected chi connectivity index (χ4v) is 5.05. The van der Waals surface area contributed by atoms with Crippen molar-refractivity contribution in [2.24, 2.45) is 0 Å². The Bertz CT molecular complexity index is 1500. The Morgan fingerprint density at radius 1 is 1.13 bits per heavy atom. The average Bonchev–Trinajstić information content (AvgIpc) is 3.35. The molecule has 0 bridgehead atoms. The number of fused-ring (bicyclic) bond motifs is 1. The van der Waals surface area contributed by atoms with Gasteiger partial charge in [0, 0.05) is 17.5 Å². The minimum absolute atomic E-state index is 0. The first kappa shape index (κ1) is 28.3. The van der Waals surface area contributed by atoms with E-state index < -0.39 is 12.0 Å². The molecule has 204 valence electrons. The molecule has 2 atom stereocenters. The fraction of sp³-hybridized carbons (Fsp3) is 0.300. The van der Waals surface area contributed by atoms with Gasteiger partial charge in [-0.25, -0.2) is 4.39 Å². The molecule has 39 heavy (non-hydrogen) atoms. The Morgan fingerprint density at radius 3 is 2.59 bits per heavy atom. The minimum atomic E-state index is -0.852. The van der Waals surface area contributed by atoms with Crippen LogP contribution in [0.3, 0.4) is 0 Å². The van der Waals surface area contributed by atoms with Crippen molar-refractivity contribution in [3.8, 4) is 0 Å². The number of amides is 1. The number of hydrogen-bond acceptors (Lipinski definition) is 4. The van der Waals surface area contributed by atoms with Crippen molar-refractivity contribution in [1.29, 1.82) is 0 Å². The molecule has 0 saturated heterocycles. The molecule has 0 radical (unpaired) electrons. The van der Waals surface area contributed by atoms with Gasteiger partial charge in [-0.05, 0) is 59.7 Å². The van der Waals surface area contributed by atoms with Crippen LogP contribution in [0.15, 0.2) is 77.9 Å². The topological polar surface area (TPSA) is 91.2 Å². The third-order valence-corrected chi connectivity index (χ3v) is 7.13. The maximum Gasteiger partial charge on any atom is 0.272 e. The first-order valence-corrected chi connectivity index (χ1v) is 12.9. The van der Waals surface area contributed by atoms with Gasteiger partial charge in [-0.2, -0.15) is 5.10 Å². The molecule has 9 heteroatoms. The minimum Gasteiger partial charge on any atom is -0.392 e. The summed E-state index contributed by atoms with van der Waals surface area (Å²) >= 11 is 0. The van der Waals surface area contributed by atoms with Gasteiger partial charge < -0.3 is 15.0 Å². The lowest BCUT2D eigenvalue weighted by Gasteiger charge is -2.33. The first-order chi connectivity index (χ1) is 18.3. The summed E-state index contributed by atoms with van der Waals surface area (Å²) in [5.74, 6) is -1.29. The van der Waals surface area contributed by atoms with Crippen molar-refractivity contribution in [2.45, 2.75) is 57.7 Å². The van der Waals surface area contributed by atoms with E-state index in [9.17, 15) is 19.1 Å². The number of nitrogens with zero attached hydrogens (tertiary/aromatic N) is 3. The molecular weight excluding hydrogens is 519 g/mol. The van der Waals surface area contributed by atoms with E-state index >= 15 is 0 Å². The van der Waals surface area contributed by atoms with Crippen LogP contribution in [-0.4, -0.2) is 31.9 Å². The van der Waals surface area contributed by atoms with E-state index in [0.29, 0.717) is 19.4 Å². The molecule has 2 aromatic heterocycles. The quantitative estimate of drug-likeness (QED) is 0.341.